The average molecular weight is 417 g/mol. The zero-order valence-electron chi connectivity index (χ0n) is 18.1. The number of ether oxygens (including phenoxy) is 2. The molecule has 0 spiro atoms. The first-order valence-corrected chi connectivity index (χ1v) is 10.9. The number of nitrogens with two attached hydrogens (primary N) is 1. The van der Waals surface area contributed by atoms with Crippen LogP contribution in [0.4, 0.5) is 5.69 Å². The quantitative estimate of drug-likeness (QED) is 0.781. The van der Waals surface area contributed by atoms with Crippen molar-refractivity contribution in [2.75, 3.05) is 25.3 Å². The van der Waals surface area contributed by atoms with Crippen LogP contribution in [-0.2, 0) is 10.2 Å². The predicted octanol–water partition coefficient (Wildman–Crippen LogP) is 4.48. The fraction of sp³-hybridized carbons (Fsp3) is 0.346. The number of hydrogen-bond donors (Lipinski definition) is 1. The predicted molar refractivity (Wildman–Crippen MR) is 122 cm³/mol. The summed E-state index contributed by atoms with van der Waals surface area (Å²) in [6, 6.07) is 12.2. The van der Waals surface area contributed by atoms with Crippen LogP contribution in [0.1, 0.15) is 42.4 Å². The van der Waals surface area contributed by atoms with E-state index in [1.54, 1.807) is 0 Å². The standard InChI is InChI=1S/C26H28N2O3/c1-17-3-9-21(14-22(17)19-6-4-18(15-27)5-7-19)28(2)25(29)26(11-12-26)20-8-10-23-24(13-20)31-16-30-23/h3-4,6,8-10,13-14H,5,7,11-12,15-16,27H2,1-2H3. The van der Waals surface area contributed by atoms with Crippen molar-refractivity contribution in [1.82, 2.24) is 0 Å². The van der Waals surface area contributed by atoms with Gasteiger partial charge in [-0.15, -0.1) is 0 Å². The summed E-state index contributed by atoms with van der Waals surface area (Å²) in [7, 11) is 1.88. The normalized spacial score (nSPS) is 18.3. The number of fused-ring (bicyclic) bond motifs is 1. The lowest BCUT2D eigenvalue weighted by Crippen LogP contribution is -2.36. The second-order valence-corrected chi connectivity index (χ2v) is 8.73. The van der Waals surface area contributed by atoms with Crippen LogP contribution in [0.3, 0.4) is 0 Å². The molecule has 1 saturated carbocycles. The lowest BCUT2D eigenvalue weighted by molar-refractivity contribution is -0.120. The maximum atomic E-state index is 13.6. The molecule has 1 amide bonds. The Morgan fingerprint density at radius 3 is 2.58 bits per heavy atom. The van der Waals surface area contributed by atoms with Gasteiger partial charge in [0.2, 0.25) is 12.7 Å². The summed E-state index contributed by atoms with van der Waals surface area (Å²) >= 11 is 0. The molecular formula is C26H28N2O3. The molecule has 0 bridgehead atoms. The first-order chi connectivity index (χ1) is 15.0. The van der Waals surface area contributed by atoms with Gasteiger partial charge in [0, 0.05) is 19.3 Å². The van der Waals surface area contributed by atoms with Gasteiger partial charge < -0.3 is 20.1 Å². The maximum Gasteiger partial charge on any atom is 0.237 e. The monoisotopic (exact) mass is 416 g/mol. The molecule has 31 heavy (non-hydrogen) atoms. The summed E-state index contributed by atoms with van der Waals surface area (Å²) in [5.41, 5.74) is 12.3. The van der Waals surface area contributed by atoms with Crippen molar-refractivity contribution in [1.29, 1.82) is 0 Å². The van der Waals surface area contributed by atoms with E-state index in [1.807, 2.05) is 36.2 Å². The minimum Gasteiger partial charge on any atom is -0.454 e. The van der Waals surface area contributed by atoms with Crippen LogP contribution in [0.5, 0.6) is 11.5 Å². The Bertz CT molecular complexity index is 1110. The number of aryl methyl sites for hydroxylation is 1. The Balaban J connectivity index is 1.43. The minimum atomic E-state index is -0.469. The van der Waals surface area contributed by atoms with E-state index in [9.17, 15) is 4.79 Å². The van der Waals surface area contributed by atoms with Gasteiger partial charge in [-0.1, -0.05) is 29.9 Å². The van der Waals surface area contributed by atoms with E-state index < -0.39 is 5.41 Å². The molecule has 0 aromatic heterocycles. The molecule has 160 valence electrons. The van der Waals surface area contributed by atoms with Gasteiger partial charge in [0.15, 0.2) is 11.5 Å². The van der Waals surface area contributed by atoms with Crippen LogP contribution in [0.2, 0.25) is 0 Å². The highest BCUT2D eigenvalue weighted by Crippen LogP contribution is 2.52. The van der Waals surface area contributed by atoms with Crippen molar-refractivity contribution >= 4 is 17.2 Å². The van der Waals surface area contributed by atoms with Crippen molar-refractivity contribution in [3.8, 4) is 11.5 Å². The Labute approximate surface area is 183 Å². The summed E-state index contributed by atoms with van der Waals surface area (Å²) in [6.45, 7) is 2.98. The van der Waals surface area contributed by atoms with Gasteiger partial charge in [0.1, 0.15) is 0 Å². The molecule has 1 aliphatic heterocycles. The Hall–Kier alpha value is -3.05. The second-order valence-electron chi connectivity index (χ2n) is 8.73. The molecule has 0 atom stereocenters. The van der Waals surface area contributed by atoms with Crippen molar-refractivity contribution < 1.29 is 14.3 Å². The molecule has 0 unspecified atom stereocenters. The van der Waals surface area contributed by atoms with E-state index in [4.69, 9.17) is 15.2 Å². The highest BCUT2D eigenvalue weighted by Gasteiger charge is 2.53. The molecule has 3 aliphatic rings. The maximum absolute atomic E-state index is 13.6. The molecule has 0 saturated heterocycles. The molecule has 1 heterocycles. The number of benzene rings is 2. The highest BCUT2D eigenvalue weighted by atomic mass is 16.7. The molecular weight excluding hydrogens is 388 g/mol. The smallest absolute Gasteiger partial charge is 0.237 e. The van der Waals surface area contributed by atoms with Gasteiger partial charge in [-0.05, 0) is 79.1 Å². The van der Waals surface area contributed by atoms with Crippen LogP contribution in [0, 0.1) is 6.92 Å². The summed E-state index contributed by atoms with van der Waals surface area (Å²) in [5.74, 6) is 1.60. The number of hydrogen-bond acceptors (Lipinski definition) is 4. The first kappa shape index (κ1) is 19.9. The summed E-state index contributed by atoms with van der Waals surface area (Å²) in [5, 5.41) is 0. The molecule has 5 nitrogen and oxygen atoms in total. The number of allylic oxidation sites excluding steroid dienone is 3. The van der Waals surface area contributed by atoms with E-state index in [2.05, 4.69) is 31.2 Å². The topological polar surface area (TPSA) is 64.8 Å². The lowest BCUT2D eigenvalue weighted by atomic mass is 9.90. The minimum absolute atomic E-state index is 0.129. The largest absolute Gasteiger partial charge is 0.454 e. The van der Waals surface area contributed by atoms with Crippen LogP contribution < -0.4 is 20.1 Å². The van der Waals surface area contributed by atoms with Crippen LogP contribution in [-0.4, -0.2) is 26.3 Å². The SMILES string of the molecule is Cc1ccc(N(C)C(=O)C2(c3ccc4c(c3)OCO4)CC2)cc1C1=CC=C(CN)CC1. The Morgan fingerprint density at radius 1 is 1.06 bits per heavy atom. The molecule has 2 N–H and O–H groups in total. The van der Waals surface area contributed by atoms with Crippen LogP contribution in [0.15, 0.2) is 54.1 Å². The second kappa shape index (κ2) is 7.57. The summed E-state index contributed by atoms with van der Waals surface area (Å²) in [4.78, 5) is 15.4. The number of carbonyl (C=O) groups excluding carboxylic acids is 1. The summed E-state index contributed by atoms with van der Waals surface area (Å²) < 4.78 is 11.0. The molecule has 2 aromatic carbocycles. The van der Waals surface area contributed by atoms with Gasteiger partial charge >= 0.3 is 0 Å². The van der Waals surface area contributed by atoms with Gasteiger partial charge in [-0.2, -0.15) is 0 Å². The third kappa shape index (κ3) is 3.43. The molecule has 2 aliphatic carbocycles. The number of anilines is 1. The first-order valence-electron chi connectivity index (χ1n) is 10.9. The number of rotatable bonds is 5. The van der Waals surface area contributed by atoms with E-state index >= 15 is 0 Å². The average Bonchev–Trinajstić information content (AvgIpc) is 3.49. The van der Waals surface area contributed by atoms with Crippen LogP contribution >= 0.6 is 0 Å². The molecule has 1 fully saturated rings. The lowest BCUT2D eigenvalue weighted by Gasteiger charge is -2.25. The molecule has 5 rings (SSSR count). The number of carbonyl (C=O) groups is 1. The molecule has 2 aromatic rings. The van der Waals surface area contributed by atoms with Crippen molar-refractivity contribution in [2.24, 2.45) is 5.73 Å². The highest BCUT2D eigenvalue weighted by molar-refractivity contribution is 6.03. The summed E-state index contributed by atoms with van der Waals surface area (Å²) in [6.07, 6.45) is 7.99. The van der Waals surface area contributed by atoms with Gasteiger partial charge in [-0.3, -0.25) is 4.79 Å². The number of nitrogens with zero attached hydrogens (tertiary/aromatic N) is 1. The van der Waals surface area contributed by atoms with E-state index in [0.29, 0.717) is 6.54 Å². The Kier molecular flexibility index (Phi) is 4.86. The number of amides is 1. The van der Waals surface area contributed by atoms with Crippen molar-refractivity contribution in [3.63, 3.8) is 0 Å². The third-order valence-corrected chi connectivity index (χ3v) is 6.84. The third-order valence-electron chi connectivity index (χ3n) is 6.84. The van der Waals surface area contributed by atoms with E-state index in [-0.39, 0.29) is 12.7 Å². The zero-order chi connectivity index (χ0) is 21.6. The van der Waals surface area contributed by atoms with Gasteiger partial charge in [0.05, 0.1) is 5.41 Å². The van der Waals surface area contributed by atoms with Gasteiger partial charge in [0.25, 0.3) is 0 Å². The molecule has 0 radical (unpaired) electrons. The fourth-order valence-corrected chi connectivity index (χ4v) is 4.62. The van der Waals surface area contributed by atoms with Gasteiger partial charge in [-0.25, -0.2) is 0 Å². The van der Waals surface area contributed by atoms with E-state index in [1.165, 1.54) is 22.3 Å². The fourth-order valence-electron chi connectivity index (χ4n) is 4.62. The van der Waals surface area contributed by atoms with Crippen molar-refractivity contribution in [3.05, 3.63) is 70.8 Å². The Morgan fingerprint density at radius 2 is 1.87 bits per heavy atom. The molecule has 5 heteroatoms. The van der Waals surface area contributed by atoms with E-state index in [0.717, 1.165) is 48.4 Å². The van der Waals surface area contributed by atoms with Crippen molar-refractivity contribution in [2.45, 2.75) is 38.0 Å². The van der Waals surface area contributed by atoms with Crippen LogP contribution in [0.25, 0.3) is 5.57 Å². The number of likely N-dealkylation sites (N-methyl/N-ethyl adjacent to an activating group) is 1. The zero-order valence-corrected chi connectivity index (χ0v) is 18.1.